The van der Waals surface area contributed by atoms with E-state index in [-0.39, 0.29) is 18.4 Å². The number of carbonyl (C=O) groups is 2. The fourth-order valence-corrected chi connectivity index (χ4v) is 2.16. The molecule has 1 heterocycles. The smallest absolute Gasteiger partial charge is 0.321 e. The Balaban J connectivity index is 2.35. The molecule has 1 rings (SSSR count). The Kier molecular flexibility index (Phi) is 5.63. The molecule has 0 aliphatic heterocycles. The summed E-state index contributed by atoms with van der Waals surface area (Å²) < 4.78 is 1.93. The maximum absolute atomic E-state index is 11.3. The molecule has 0 atom stereocenters. The van der Waals surface area contributed by atoms with E-state index < -0.39 is 6.03 Å². The van der Waals surface area contributed by atoms with Gasteiger partial charge in [-0.15, -0.1) is 10.2 Å². The van der Waals surface area contributed by atoms with Gasteiger partial charge in [-0.25, -0.2) is 4.79 Å². The summed E-state index contributed by atoms with van der Waals surface area (Å²) in [5, 5.41) is 13.1. The second kappa shape index (κ2) is 7.00. The number of hydrogen-bond acceptors (Lipinski definition) is 5. The van der Waals surface area contributed by atoms with Gasteiger partial charge >= 0.3 is 6.03 Å². The summed E-state index contributed by atoms with van der Waals surface area (Å²) in [7, 11) is 1.46. The molecule has 0 spiro atoms. The first-order valence-electron chi connectivity index (χ1n) is 5.58. The second-order valence-electron chi connectivity index (χ2n) is 3.84. The van der Waals surface area contributed by atoms with Gasteiger partial charge in [0.05, 0.1) is 0 Å². The number of urea groups is 1. The molecule has 2 N–H and O–H groups in total. The van der Waals surface area contributed by atoms with Crippen LogP contribution in [0.2, 0.25) is 0 Å². The summed E-state index contributed by atoms with van der Waals surface area (Å²) in [6, 6.07) is -0.211. The van der Waals surface area contributed by atoms with Crippen LogP contribution < -0.4 is 10.6 Å². The van der Waals surface area contributed by atoms with E-state index in [4.69, 9.17) is 0 Å². The van der Waals surface area contributed by atoms with Crippen molar-refractivity contribution in [3.05, 3.63) is 6.33 Å². The molecule has 0 fully saturated rings. The van der Waals surface area contributed by atoms with Gasteiger partial charge in [-0.1, -0.05) is 11.8 Å². The molecule has 3 amide bonds. The van der Waals surface area contributed by atoms with E-state index in [1.165, 1.54) is 18.8 Å². The highest BCUT2D eigenvalue weighted by Gasteiger charge is 2.10. The average molecular weight is 271 g/mol. The lowest BCUT2D eigenvalue weighted by Crippen LogP contribution is -2.37. The quantitative estimate of drug-likeness (QED) is 0.773. The molecule has 0 aromatic carbocycles. The molecule has 1 aromatic rings. The van der Waals surface area contributed by atoms with Gasteiger partial charge in [0.1, 0.15) is 6.33 Å². The summed E-state index contributed by atoms with van der Waals surface area (Å²) in [4.78, 5) is 22.2. The van der Waals surface area contributed by atoms with Crippen LogP contribution in [0.5, 0.6) is 0 Å². The third-order valence-corrected chi connectivity index (χ3v) is 3.10. The van der Waals surface area contributed by atoms with E-state index in [0.29, 0.717) is 5.75 Å². The minimum absolute atomic E-state index is 0.253. The zero-order valence-electron chi connectivity index (χ0n) is 10.6. The third-order valence-electron chi connectivity index (χ3n) is 2.14. The number of amides is 3. The SMILES string of the molecule is CNC(=O)NC(=O)CCSc1nncn1C(C)C. The summed E-state index contributed by atoms with van der Waals surface area (Å²) in [6.07, 6.45) is 1.92. The summed E-state index contributed by atoms with van der Waals surface area (Å²) in [6.45, 7) is 4.07. The molecule has 0 aliphatic carbocycles. The summed E-state index contributed by atoms with van der Waals surface area (Å²) in [5.41, 5.74) is 0. The van der Waals surface area contributed by atoms with Crippen molar-refractivity contribution in [3.8, 4) is 0 Å². The number of hydrogen-bond donors (Lipinski definition) is 2. The molecule has 0 saturated heterocycles. The minimum Gasteiger partial charge on any atom is -0.341 e. The van der Waals surface area contributed by atoms with Crippen molar-refractivity contribution in [1.82, 2.24) is 25.4 Å². The van der Waals surface area contributed by atoms with Gasteiger partial charge in [-0.3, -0.25) is 10.1 Å². The highest BCUT2D eigenvalue weighted by Crippen LogP contribution is 2.19. The van der Waals surface area contributed by atoms with Crippen LogP contribution >= 0.6 is 11.8 Å². The zero-order chi connectivity index (χ0) is 13.5. The summed E-state index contributed by atoms with van der Waals surface area (Å²) in [5.74, 6) is 0.242. The van der Waals surface area contributed by atoms with Gasteiger partial charge in [0.2, 0.25) is 5.91 Å². The maximum Gasteiger partial charge on any atom is 0.321 e. The lowest BCUT2D eigenvalue weighted by atomic mass is 10.4. The molecule has 18 heavy (non-hydrogen) atoms. The van der Waals surface area contributed by atoms with Gasteiger partial charge in [0, 0.05) is 25.3 Å². The maximum atomic E-state index is 11.3. The number of imide groups is 1. The van der Waals surface area contributed by atoms with Crippen LogP contribution in [0.25, 0.3) is 0 Å². The molecule has 0 unspecified atom stereocenters. The standard InChI is InChI=1S/C10H17N5O2S/c1-7(2)15-6-12-14-10(15)18-5-4-8(16)13-9(17)11-3/h6-7H,4-5H2,1-3H3,(H2,11,13,16,17). The van der Waals surface area contributed by atoms with Crippen LogP contribution in [0.15, 0.2) is 11.5 Å². The van der Waals surface area contributed by atoms with Crippen LogP contribution in [0.1, 0.15) is 26.3 Å². The number of carbonyl (C=O) groups excluding carboxylic acids is 2. The van der Waals surface area contributed by atoms with Crippen molar-refractivity contribution in [1.29, 1.82) is 0 Å². The monoisotopic (exact) mass is 271 g/mol. The fourth-order valence-electron chi connectivity index (χ4n) is 1.18. The Morgan fingerprint density at radius 2 is 2.22 bits per heavy atom. The average Bonchev–Trinajstić information content (AvgIpc) is 2.77. The predicted octanol–water partition coefficient (Wildman–Crippen LogP) is 0.797. The Morgan fingerprint density at radius 3 is 2.83 bits per heavy atom. The number of aromatic nitrogens is 3. The Labute approximate surface area is 110 Å². The van der Waals surface area contributed by atoms with Gasteiger partial charge in [0.25, 0.3) is 0 Å². The van der Waals surface area contributed by atoms with Gasteiger partial charge < -0.3 is 9.88 Å². The van der Waals surface area contributed by atoms with Crippen molar-refractivity contribution in [3.63, 3.8) is 0 Å². The van der Waals surface area contributed by atoms with E-state index in [1.807, 2.05) is 18.4 Å². The molecule has 100 valence electrons. The summed E-state index contributed by atoms with van der Waals surface area (Å²) >= 11 is 1.44. The Bertz CT molecular complexity index is 418. The highest BCUT2D eigenvalue weighted by molar-refractivity contribution is 7.99. The number of nitrogens with zero attached hydrogens (tertiary/aromatic N) is 3. The van der Waals surface area contributed by atoms with Gasteiger partial charge in [-0.2, -0.15) is 0 Å². The first kappa shape index (κ1) is 14.5. The normalized spacial score (nSPS) is 10.4. The molecule has 7 nitrogen and oxygen atoms in total. The van der Waals surface area contributed by atoms with Crippen LogP contribution in [0, 0.1) is 0 Å². The second-order valence-corrected chi connectivity index (χ2v) is 4.90. The molecule has 8 heteroatoms. The van der Waals surface area contributed by atoms with E-state index in [2.05, 4.69) is 20.8 Å². The molecule has 1 aromatic heterocycles. The largest absolute Gasteiger partial charge is 0.341 e. The van der Waals surface area contributed by atoms with E-state index in [1.54, 1.807) is 6.33 Å². The molecular formula is C10H17N5O2S. The molecule has 0 saturated carbocycles. The number of rotatable bonds is 5. The van der Waals surface area contributed by atoms with E-state index in [0.717, 1.165) is 5.16 Å². The van der Waals surface area contributed by atoms with E-state index in [9.17, 15) is 9.59 Å². The predicted molar refractivity (Wildman–Crippen MR) is 68.3 cm³/mol. The van der Waals surface area contributed by atoms with Crippen molar-refractivity contribution in [2.75, 3.05) is 12.8 Å². The minimum atomic E-state index is -0.490. The Morgan fingerprint density at radius 1 is 1.50 bits per heavy atom. The van der Waals surface area contributed by atoms with Gasteiger partial charge in [-0.05, 0) is 13.8 Å². The van der Waals surface area contributed by atoms with Crippen molar-refractivity contribution < 1.29 is 9.59 Å². The van der Waals surface area contributed by atoms with Crippen LogP contribution in [0.3, 0.4) is 0 Å². The number of thioether (sulfide) groups is 1. The molecule has 0 bridgehead atoms. The first-order chi connectivity index (χ1) is 8.54. The first-order valence-corrected chi connectivity index (χ1v) is 6.57. The Hall–Kier alpha value is -1.57. The zero-order valence-corrected chi connectivity index (χ0v) is 11.5. The third kappa shape index (κ3) is 4.36. The van der Waals surface area contributed by atoms with Crippen LogP contribution in [-0.4, -0.2) is 39.5 Å². The van der Waals surface area contributed by atoms with Crippen LogP contribution in [0.4, 0.5) is 4.79 Å². The number of nitrogens with one attached hydrogen (secondary N) is 2. The van der Waals surface area contributed by atoms with Gasteiger partial charge in [0.15, 0.2) is 5.16 Å². The topological polar surface area (TPSA) is 88.9 Å². The van der Waals surface area contributed by atoms with E-state index >= 15 is 0 Å². The highest BCUT2D eigenvalue weighted by atomic mass is 32.2. The lowest BCUT2D eigenvalue weighted by molar-refractivity contribution is -0.119. The fraction of sp³-hybridized carbons (Fsp3) is 0.600. The van der Waals surface area contributed by atoms with Crippen molar-refractivity contribution in [2.45, 2.75) is 31.5 Å². The molecule has 0 radical (unpaired) electrons. The molecular weight excluding hydrogens is 254 g/mol. The van der Waals surface area contributed by atoms with Crippen molar-refractivity contribution >= 4 is 23.7 Å². The lowest BCUT2D eigenvalue weighted by Gasteiger charge is -2.09. The van der Waals surface area contributed by atoms with Crippen molar-refractivity contribution in [2.24, 2.45) is 0 Å². The van der Waals surface area contributed by atoms with Crippen LogP contribution in [-0.2, 0) is 4.79 Å². The molecule has 0 aliphatic rings.